The van der Waals surface area contributed by atoms with Gasteiger partial charge in [-0.3, -0.25) is 14.4 Å². The summed E-state index contributed by atoms with van der Waals surface area (Å²) >= 11 is 0. The van der Waals surface area contributed by atoms with E-state index in [-0.39, 0.29) is 37.5 Å². The number of carbonyl (C=O) groups is 3. The SMILES string of the molecule is CC/C=C\C/C=C\CCCCC(=O)OCC(COC(=O)CCCCCCC\C=C/C=C\C=C/C=C\C=C/CCC)OC(=O)CCCCCCC\C=C/C=C\C=C/C=C\CCCCC. The van der Waals surface area contributed by atoms with Crippen molar-refractivity contribution >= 4 is 17.9 Å². The average molecular weight is 869 g/mol. The van der Waals surface area contributed by atoms with Crippen molar-refractivity contribution in [2.45, 2.75) is 194 Å². The smallest absolute Gasteiger partial charge is 0.306 e. The van der Waals surface area contributed by atoms with Crippen molar-refractivity contribution in [1.29, 1.82) is 0 Å². The van der Waals surface area contributed by atoms with Crippen molar-refractivity contribution in [3.8, 4) is 0 Å². The Labute approximate surface area is 385 Å². The predicted octanol–water partition coefficient (Wildman–Crippen LogP) is 16.3. The molecule has 6 heteroatoms. The summed E-state index contributed by atoms with van der Waals surface area (Å²) in [4.78, 5) is 37.9. The highest BCUT2D eigenvalue weighted by Crippen LogP contribution is 2.12. The molecule has 63 heavy (non-hydrogen) atoms. The largest absolute Gasteiger partial charge is 0.462 e. The zero-order valence-corrected chi connectivity index (χ0v) is 40.0. The van der Waals surface area contributed by atoms with Gasteiger partial charge in [0.15, 0.2) is 6.10 Å². The van der Waals surface area contributed by atoms with E-state index in [1.54, 1.807) is 0 Å². The maximum atomic E-state index is 12.8. The third-order valence-electron chi connectivity index (χ3n) is 9.81. The molecule has 0 bridgehead atoms. The highest BCUT2D eigenvalue weighted by Gasteiger charge is 2.19. The number of carbonyl (C=O) groups excluding carboxylic acids is 3. The van der Waals surface area contributed by atoms with E-state index in [4.69, 9.17) is 14.2 Å². The molecule has 0 spiro atoms. The highest BCUT2D eigenvalue weighted by molar-refractivity contribution is 5.71. The van der Waals surface area contributed by atoms with Crippen LogP contribution in [-0.4, -0.2) is 37.2 Å². The summed E-state index contributed by atoms with van der Waals surface area (Å²) in [5, 5.41) is 0. The molecule has 0 heterocycles. The summed E-state index contributed by atoms with van der Waals surface area (Å²) in [5.41, 5.74) is 0. The van der Waals surface area contributed by atoms with E-state index in [0.717, 1.165) is 122 Å². The minimum absolute atomic E-state index is 0.117. The van der Waals surface area contributed by atoms with Crippen LogP contribution in [0.4, 0.5) is 0 Å². The van der Waals surface area contributed by atoms with E-state index in [1.807, 2.05) is 36.5 Å². The first-order valence-corrected chi connectivity index (χ1v) is 24.8. The molecule has 1 atom stereocenters. The average Bonchev–Trinajstić information content (AvgIpc) is 3.28. The second-order valence-corrected chi connectivity index (χ2v) is 15.8. The normalized spacial score (nSPS) is 13.3. The van der Waals surface area contributed by atoms with Crippen LogP contribution in [0.1, 0.15) is 188 Å². The van der Waals surface area contributed by atoms with E-state index >= 15 is 0 Å². The second kappa shape index (κ2) is 50.2. The Hall–Kier alpha value is -4.45. The number of ether oxygens (including phenoxy) is 3. The Bertz CT molecular complexity index is 1420. The summed E-state index contributed by atoms with van der Waals surface area (Å²) in [6.45, 7) is 6.28. The van der Waals surface area contributed by atoms with Crippen LogP contribution in [-0.2, 0) is 28.6 Å². The van der Waals surface area contributed by atoms with Crippen LogP contribution < -0.4 is 0 Å². The Morgan fingerprint density at radius 1 is 0.349 bits per heavy atom. The van der Waals surface area contributed by atoms with Crippen LogP contribution in [0.5, 0.6) is 0 Å². The summed E-state index contributed by atoms with van der Waals surface area (Å²) in [7, 11) is 0. The van der Waals surface area contributed by atoms with E-state index in [2.05, 4.69) is 118 Å². The standard InChI is InChI=1S/C57H88O6/c1-4-7-10-13-16-19-21-23-25-27-29-31-33-35-38-41-44-47-50-56(59)62-53-54(52-61-55(58)49-46-43-40-37-18-15-12-9-6-3)63-57(60)51-48-45-42-39-36-34-32-30-28-26-24-22-20-17-14-11-8-5-2/h9-10,12-13,16-32,37,54H,4-8,11,14-15,33-36,38-53H2,1-3H3/b12-9-,13-10-,19-16-,20-17-,23-21-,24-22-,27-25-,28-26-,31-29-,32-30-,37-18-. The molecule has 0 aliphatic carbocycles. The summed E-state index contributed by atoms with van der Waals surface area (Å²) < 4.78 is 16.7. The number of esters is 3. The molecular formula is C57H88O6. The van der Waals surface area contributed by atoms with E-state index in [0.29, 0.717) is 12.8 Å². The van der Waals surface area contributed by atoms with Crippen LogP contribution in [0, 0.1) is 0 Å². The van der Waals surface area contributed by atoms with Gasteiger partial charge in [-0.2, -0.15) is 0 Å². The molecule has 0 N–H and O–H groups in total. The molecule has 352 valence electrons. The molecule has 0 radical (unpaired) electrons. The number of hydrogen-bond donors (Lipinski definition) is 0. The predicted molar refractivity (Wildman–Crippen MR) is 269 cm³/mol. The topological polar surface area (TPSA) is 78.9 Å². The monoisotopic (exact) mass is 869 g/mol. The number of rotatable bonds is 42. The van der Waals surface area contributed by atoms with Crippen molar-refractivity contribution in [3.63, 3.8) is 0 Å². The van der Waals surface area contributed by atoms with E-state index < -0.39 is 6.10 Å². The van der Waals surface area contributed by atoms with Crippen molar-refractivity contribution in [2.24, 2.45) is 0 Å². The van der Waals surface area contributed by atoms with Gasteiger partial charge in [-0.25, -0.2) is 0 Å². The third kappa shape index (κ3) is 48.4. The quantitative estimate of drug-likeness (QED) is 0.0200. The maximum Gasteiger partial charge on any atom is 0.306 e. The summed E-state index contributed by atoms with van der Waals surface area (Å²) in [5.74, 6) is -1.01. The van der Waals surface area contributed by atoms with Gasteiger partial charge < -0.3 is 14.2 Å². The van der Waals surface area contributed by atoms with Gasteiger partial charge in [0.2, 0.25) is 0 Å². The first-order chi connectivity index (χ1) is 31.0. The molecule has 0 rings (SSSR count). The molecule has 0 aliphatic rings. The lowest BCUT2D eigenvalue weighted by Gasteiger charge is -2.18. The maximum absolute atomic E-state index is 12.8. The van der Waals surface area contributed by atoms with Crippen LogP contribution in [0.25, 0.3) is 0 Å². The van der Waals surface area contributed by atoms with Gasteiger partial charge in [0.1, 0.15) is 13.2 Å². The minimum atomic E-state index is -0.818. The third-order valence-corrected chi connectivity index (χ3v) is 9.81. The molecule has 0 aromatic heterocycles. The van der Waals surface area contributed by atoms with Crippen molar-refractivity contribution < 1.29 is 28.6 Å². The highest BCUT2D eigenvalue weighted by atomic mass is 16.6. The Morgan fingerprint density at radius 3 is 1.19 bits per heavy atom. The molecule has 0 aromatic rings. The molecule has 0 aliphatic heterocycles. The summed E-state index contributed by atoms with van der Waals surface area (Å²) in [6.07, 6.45) is 70.0. The number of unbranched alkanes of at least 4 members (excludes halogenated alkanes) is 16. The fraction of sp³-hybridized carbons (Fsp3) is 0.561. The van der Waals surface area contributed by atoms with Crippen LogP contribution in [0.3, 0.4) is 0 Å². The van der Waals surface area contributed by atoms with Gasteiger partial charge in [0.25, 0.3) is 0 Å². The lowest BCUT2D eigenvalue weighted by Crippen LogP contribution is -2.30. The number of hydrogen-bond acceptors (Lipinski definition) is 6. The molecule has 6 nitrogen and oxygen atoms in total. The first-order valence-electron chi connectivity index (χ1n) is 24.8. The van der Waals surface area contributed by atoms with Crippen LogP contribution in [0.2, 0.25) is 0 Å². The zero-order valence-electron chi connectivity index (χ0n) is 40.0. The van der Waals surface area contributed by atoms with Crippen LogP contribution >= 0.6 is 0 Å². The van der Waals surface area contributed by atoms with Crippen LogP contribution in [0.15, 0.2) is 134 Å². The lowest BCUT2D eigenvalue weighted by atomic mass is 10.1. The molecule has 0 aromatic carbocycles. The Morgan fingerprint density at radius 2 is 0.714 bits per heavy atom. The minimum Gasteiger partial charge on any atom is -0.462 e. The van der Waals surface area contributed by atoms with Gasteiger partial charge in [-0.05, 0) is 89.9 Å². The molecule has 0 saturated heterocycles. The fourth-order valence-corrected chi connectivity index (χ4v) is 6.11. The molecule has 0 fully saturated rings. The Balaban J connectivity index is 4.50. The zero-order chi connectivity index (χ0) is 45.8. The van der Waals surface area contributed by atoms with E-state index in [1.165, 1.54) is 25.7 Å². The van der Waals surface area contributed by atoms with Crippen molar-refractivity contribution in [2.75, 3.05) is 13.2 Å². The lowest BCUT2D eigenvalue weighted by molar-refractivity contribution is -0.167. The molecule has 1 unspecified atom stereocenters. The Kier molecular flexibility index (Phi) is 46.7. The molecular weight excluding hydrogens is 781 g/mol. The first kappa shape index (κ1) is 58.6. The van der Waals surface area contributed by atoms with Crippen molar-refractivity contribution in [3.05, 3.63) is 134 Å². The molecule has 0 amide bonds. The fourth-order valence-electron chi connectivity index (χ4n) is 6.11. The van der Waals surface area contributed by atoms with Gasteiger partial charge in [0.05, 0.1) is 0 Å². The van der Waals surface area contributed by atoms with Gasteiger partial charge >= 0.3 is 17.9 Å². The van der Waals surface area contributed by atoms with Gasteiger partial charge in [0, 0.05) is 19.3 Å². The summed E-state index contributed by atoms with van der Waals surface area (Å²) in [6, 6.07) is 0. The molecule has 0 saturated carbocycles. The second-order valence-electron chi connectivity index (χ2n) is 15.8. The van der Waals surface area contributed by atoms with Gasteiger partial charge in [-0.1, -0.05) is 212 Å². The van der Waals surface area contributed by atoms with Crippen molar-refractivity contribution in [1.82, 2.24) is 0 Å². The number of allylic oxidation sites excluding steroid dienone is 22. The van der Waals surface area contributed by atoms with Gasteiger partial charge in [-0.15, -0.1) is 0 Å². The van der Waals surface area contributed by atoms with E-state index in [9.17, 15) is 14.4 Å².